The maximum Gasteiger partial charge on any atom is 0.0544 e. The summed E-state index contributed by atoms with van der Waals surface area (Å²) >= 11 is 0. The van der Waals surface area contributed by atoms with Gasteiger partial charge < -0.3 is 9.84 Å². The van der Waals surface area contributed by atoms with E-state index in [9.17, 15) is 5.11 Å². The van der Waals surface area contributed by atoms with Gasteiger partial charge in [-0.3, -0.25) is 0 Å². The summed E-state index contributed by atoms with van der Waals surface area (Å²) in [4.78, 5) is 0. The maximum absolute atomic E-state index is 9.30. The van der Waals surface area contributed by atoms with E-state index in [4.69, 9.17) is 4.74 Å². The van der Waals surface area contributed by atoms with E-state index in [1.165, 1.54) is 6.42 Å². The lowest BCUT2D eigenvalue weighted by Gasteiger charge is -2.26. The highest BCUT2D eigenvalue weighted by Gasteiger charge is 2.33. The average Bonchev–Trinajstić information content (AvgIpc) is 2.33. The molecule has 2 rings (SSSR count). The van der Waals surface area contributed by atoms with Gasteiger partial charge in [0.05, 0.1) is 6.10 Å². The third-order valence-corrected chi connectivity index (χ3v) is 2.78. The Hall–Kier alpha value is -0.0800. The first-order chi connectivity index (χ1) is 4.86. The zero-order chi connectivity index (χ0) is 6.97. The van der Waals surface area contributed by atoms with Crippen molar-refractivity contribution in [1.82, 2.24) is 0 Å². The quantitative estimate of drug-likeness (QED) is 0.542. The molecule has 1 saturated heterocycles. The van der Waals surface area contributed by atoms with Crippen molar-refractivity contribution in [1.29, 1.82) is 0 Å². The molecule has 0 aromatic heterocycles. The minimum atomic E-state index is -0.0389. The van der Waals surface area contributed by atoms with Crippen molar-refractivity contribution >= 4 is 0 Å². The van der Waals surface area contributed by atoms with Gasteiger partial charge in [-0.2, -0.15) is 0 Å². The Morgan fingerprint density at radius 1 is 1.10 bits per heavy atom. The van der Waals surface area contributed by atoms with Gasteiger partial charge in [-0.25, -0.2) is 0 Å². The highest BCUT2D eigenvalue weighted by Crippen LogP contribution is 2.34. The van der Waals surface area contributed by atoms with Crippen LogP contribution in [-0.2, 0) is 4.74 Å². The van der Waals surface area contributed by atoms with Gasteiger partial charge in [0.2, 0.25) is 0 Å². The van der Waals surface area contributed by atoms with Crippen molar-refractivity contribution in [3.63, 3.8) is 0 Å². The highest BCUT2D eigenvalue weighted by molar-refractivity contribution is 4.82. The molecule has 1 aliphatic carbocycles. The summed E-state index contributed by atoms with van der Waals surface area (Å²) in [6.07, 6.45) is 3.10. The molecule has 1 aliphatic heterocycles. The lowest BCUT2D eigenvalue weighted by molar-refractivity contribution is 0.0860. The molecule has 58 valence electrons. The van der Waals surface area contributed by atoms with Gasteiger partial charge in [0, 0.05) is 13.2 Å². The van der Waals surface area contributed by atoms with Crippen molar-refractivity contribution in [3.05, 3.63) is 0 Å². The molecule has 0 unspecified atom stereocenters. The fourth-order valence-corrected chi connectivity index (χ4v) is 2.10. The van der Waals surface area contributed by atoms with E-state index in [-0.39, 0.29) is 6.10 Å². The van der Waals surface area contributed by atoms with E-state index in [0.29, 0.717) is 5.92 Å². The standard InChI is InChI=1S/C8H14O2/c9-8-2-1-6-4-10-5-7(6)3-8/h6-9H,1-5H2/t6-,7+,8+/m0/s1. The van der Waals surface area contributed by atoms with Gasteiger partial charge in [-0.1, -0.05) is 0 Å². The summed E-state index contributed by atoms with van der Waals surface area (Å²) in [5.74, 6) is 1.44. The molecule has 0 aromatic carbocycles. The molecular weight excluding hydrogens is 128 g/mol. The molecule has 0 radical (unpaired) electrons. The second kappa shape index (κ2) is 2.51. The maximum atomic E-state index is 9.30. The largest absolute Gasteiger partial charge is 0.393 e. The molecular formula is C8H14O2. The molecule has 1 N–H and O–H groups in total. The number of rotatable bonds is 0. The fourth-order valence-electron chi connectivity index (χ4n) is 2.10. The highest BCUT2D eigenvalue weighted by atomic mass is 16.5. The molecule has 10 heavy (non-hydrogen) atoms. The number of aliphatic hydroxyl groups is 1. The summed E-state index contributed by atoms with van der Waals surface area (Å²) < 4.78 is 5.33. The Labute approximate surface area is 61.2 Å². The van der Waals surface area contributed by atoms with Crippen LogP contribution in [0.1, 0.15) is 19.3 Å². The Morgan fingerprint density at radius 3 is 2.80 bits per heavy atom. The molecule has 2 heteroatoms. The van der Waals surface area contributed by atoms with E-state index in [0.717, 1.165) is 32.0 Å². The molecule has 2 aliphatic rings. The Bertz CT molecular complexity index is 124. The summed E-state index contributed by atoms with van der Waals surface area (Å²) in [5, 5.41) is 9.30. The van der Waals surface area contributed by atoms with Crippen molar-refractivity contribution in [3.8, 4) is 0 Å². The first-order valence-corrected chi connectivity index (χ1v) is 4.12. The summed E-state index contributed by atoms with van der Waals surface area (Å²) in [6, 6.07) is 0. The Kier molecular flexibility index (Phi) is 1.66. The second-order valence-electron chi connectivity index (χ2n) is 3.52. The van der Waals surface area contributed by atoms with Crippen LogP contribution in [0.15, 0.2) is 0 Å². The van der Waals surface area contributed by atoms with Crippen molar-refractivity contribution in [2.75, 3.05) is 13.2 Å². The number of fused-ring (bicyclic) bond motifs is 1. The normalized spacial score (nSPS) is 47.1. The van der Waals surface area contributed by atoms with Crippen LogP contribution in [0.3, 0.4) is 0 Å². The van der Waals surface area contributed by atoms with E-state index in [1.807, 2.05) is 0 Å². The molecule has 1 heterocycles. The molecule has 0 spiro atoms. The smallest absolute Gasteiger partial charge is 0.0544 e. The van der Waals surface area contributed by atoms with Crippen LogP contribution in [0.2, 0.25) is 0 Å². The molecule has 0 amide bonds. The zero-order valence-corrected chi connectivity index (χ0v) is 6.12. The monoisotopic (exact) mass is 142 g/mol. The number of ether oxygens (including phenoxy) is 1. The molecule has 0 aromatic rings. The first kappa shape index (κ1) is 6.62. The van der Waals surface area contributed by atoms with Crippen LogP contribution in [-0.4, -0.2) is 24.4 Å². The minimum absolute atomic E-state index is 0.0389. The van der Waals surface area contributed by atoms with E-state index < -0.39 is 0 Å². The predicted molar refractivity (Wildman–Crippen MR) is 37.7 cm³/mol. The third-order valence-electron chi connectivity index (χ3n) is 2.78. The second-order valence-corrected chi connectivity index (χ2v) is 3.52. The van der Waals surface area contributed by atoms with Gasteiger partial charge in [-0.05, 0) is 31.1 Å². The molecule has 2 nitrogen and oxygen atoms in total. The van der Waals surface area contributed by atoms with E-state index in [2.05, 4.69) is 0 Å². The van der Waals surface area contributed by atoms with Gasteiger partial charge in [0.1, 0.15) is 0 Å². The van der Waals surface area contributed by atoms with E-state index in [1.54, 1.807) is 0 Å². The zero-order valence-electron chi connectivity index (χ0n) is 6.12. The predicted octanol–water partition coefficient (Wildman–Crippen LogP) is 0.794. The lowest BCUT2D eigenvalue weighted by Crippen LogP contribution is -2.26. The lowest BCUT2D eigenvalue weighted by atomic mass is 9.80. The van der Waals surface area contributed by atoms with Crippen molar-refractivity contribution in [2.24, 2.45) is 11.8 Å². The topological polar surface area (TPSA) is 29.5 Å². The SMILES string of the molecule is O[C@@H]1CC[C@H]2COC[C@H]2C1. The minimum Gasteiger partial charge on any atom is -0.393 e. The molecule has 1 saturated carbocycles. The summed E-state index contributed by atoms with van der Waals surface area (Å²) in [5.41, 5.74) is 0. The van der Waals surface area contributed by atoms with Crippen LogP contribution < -0.4 is 0 Å². The van der Waals surface area contributed by atoms with Crippen LogP contribution in [0, 0.1) is 11.8 Å². The van der Waals surface area contributed by atoms with Crippen LogP contribution >= 0.6 is 0 Å². The molecule has 2 fully saturated rings. The first-order valence-electron chi connectivity index (χ1n) is 4.12. The van der Waals surface area contributed by atoms with Crippen molar-refractivity contribution in [2.45, 2.75) is 25.4 Å². The average molecular weight is 142 g/mol. The van der Waals surface area contributed by atoms with Crippen LogP contribution in [0.5, 0.6) is 0 Å². The van der Waals surface area contributed by atoms with Crippen LogP contribution in [0.4, 0.5) is 0 Å². The third kappa shape index (κ3) is 1.06. The number of aliphatic hydroxyl groups excluding tert-OH is 1. The Morgan fingerprint density at radius 2 is 1.90 bits per heavy atom. The molecule has 0 bridgehead atoms. The van der Waals surface area contributed by atoms with Crippen LogP contribution in [0.25, 0.3) is 0 Å². The van der Waals surface area contributed by atoms with Gasteiger partial charge in [0.15, 0.2) is 0 Å². The van der Waals surface area contributed by atoms with Gasteiger partial charge in [0.25, 0.3) is 0 Å². The fraction of sp³-hybridized carbons (Fsp3) is 1.00. The number of hydrogen-bond donors (Lipinski definition) is 1. The van der Waals surface area contributed by atoms with Crippen molar-refractivity contribution < 1.29 is 9.84 Å². The molecule has 3 atom stereocenters. The summed E-state index contributed by atoms with van der Waals surface area (Å²) in [6.45, 7) is 1.83. The summed E-state index contributed by atoms with van der Waals surface area (Å²) in [7, 11) is 0. The number of hydrogen-bond acceptors (Lipinski definition) is 2. The Balaban J connectivity index is 1.96. The van der Waals surface area contributed by atoms with Gasteiger partial charge >= 0.3 is 0 Å². The van der Waals surface area contributed by atoms with E-state index >= 15 is 0 Å². The van der Waals surface area contributed by atoms with Gasteiger partial charge in [-0.15, -0.1) is 0 Å².